The number of nitrogens with zero attached hydrogens (tertiary/aromatic N) is 1. The molecule has 0 unspecified atom stereocenters. The lowest BCUT2D eigenvalue weighted by Crippen LogP contribution is -2.32. The van der Waals surface area contributed by atoms with Crippen molar-refractivity contribution in [2.24, 2.45) is 0 Å². The van der Waals surface area contributed by atoms with Crippen molar-refractivity contribution in [3.05, 3.63) is 99.5 Å². The van der Waals surface area contributed by atoms with Crippen LogP contribution < -0.4 is 10.2 Å². The Morgan fingerprint density at radius 3 is 2.33 bits per heavy atom. The molecule has 0 atom stereocenters. The Balaban J connectivity index is 1.63. The van der Waals surface area contributed by atoms with Gasteiger partial charge >= 0.3 is 5.97 Å². The average molecular weight is 521 g/mol. The number of unbranched alkanes of at least 4 members (excludes halogenated alkanes) is 1. The summed E-state index contributed by atoms with van der Waals surface area (Å²) in [5.74, 6) is -1.36. The summed E-state index contributed by atoms with van der Waals surface area (Å²) in [7, 11) is 0. The number of imide groups is 1. The van der Waals surface area contributed by atoms with E-state index in [2.05, 4.69) is 5.32 Å². The molecule has 0 bridgehead atoms. The minimum Gasteiger partial charge on any atom is -0.462 e. The number of benzene rings is 3. The number of amides is 2. The van der Waals surface area contributed by atoms with Crippen molar-refractivity contribution in [3.8, 4) is 0 Å². The highest BCUT2D eigenvalue weighted by molar-refractivity contribution is 8.04. The van der Waals surface area contributed by atoms with Gasteiger partial charge in [0.05, 0.1) is 17.9 Å². The molecule has 0 fully saturated rings. The highest BCUT2D eigenvalue weighted by atomic mass is 35.5. The zero-order valence-electron chi connectivity index (χ0n) is 19.9. The second-order valence-electron chi connectivity index (χ2n) is 8.18. The van der Waals surface area contributed by atoms with Crippen LogP contribution in [0.5, 0.6) is 0 Å². The summed E-state index contributed by atoms with van der Waals surface area (Å²) in [6.45, 7) is 4.29. The lowest BCUT2D eigenvalue weighted by atomic mass is 10.2. The van der Waals surface area contributed by atoms with E-state index in [-0.39, 0.29) is 10.6 Å². The summed E-state index contributed by atoms with van der Waals surface area (Å²) in [6, 6.07) is 20.9. The van der Waals surface area contributed by atoms with Crippen molar-refractivity contribution in [2.75, 3.05) is 16.8 Å². The van der Waals surface area contributed by atoms with Gasteiger partial charge in [0.1, 0.15) is 10.6 Å². The Kier molecular flexibility index (Phi) is 8.13. The van der Waals surface area contributed by atoms with E-state index in [9.17, 15) is 14.4 Å². The quantitative estimate of drug-likeness (QED) is 0.195. The number of hydrogen-bond acceptors (Lipinski definition) is 6. The van der Waals surface area contributed by atoms with Crippen LogP contribution in [0.1, 0.15) is 35.7 Å². The molecule has 0 aromatic heterocycles. The second kappa shape index (κ2) is 11.5. The van der Waals surface area contributed by atoms with Crippen molar-refractivity contribution in [3.63, 3.8) is 0 Å². The van der Waals surface area contributed by atoms with Gasteiger partial charge in [0.15, 0.2) is 0 Å². The lowest BCUT2D eigenvalue weighted by molar-refractivity contribution is -0.120. The van der Waals surface area contributed by atoms with Crippen LogP contribution >= 0.6 is 23.4 Å². The van der Waals surface area contributed by atoms with Crippen LogP contribution in [0, 0.1) is 6.92 Å². The van der Waals surface area contributed by atoms with Gasteiger partial charge in [-0.2, -0.15) is 0 Å². The van der Waals surface area contributed by atoms with E-state index in [0.29, 0.717) is 22.9 Å². The molecule has 1 aliphatic heterocycles. The highest BCUT2D eigenvalue weighted by Gasteiger charge is 2.40. The minimum atomic E-state index is -0.474. The number of rotatable bonds is 9. The fourth-order valence-corrected chi connectivity index (χ4v) is 4.61. The van der Waals surface area contributed by atoms with Gasteiger partial charge in [0, 0.05) is 15.6 Å². The van der Waals surface area contributed by atoms with Crippen molar-refractivity contribution in [1.82, 2.24) is 0 Å². The molecule has 1 N–H and O–H groups in total. The van der Waals surface area contributed by atoms with E-state index < -0.39 is 17.8 Å². The van der Waals surface area contributed by atoms with Gasteiger partial charge < -0.3 is 10.1 Å². The molecule has 8 heteroatoms. The number of anilines is 2. The molecule has 0 saturated carbocycles. The van der Waals surface area contributed by atoms with Crippen LogP contribution in [0.4, 0.5) is 11.4 Å². The smallest absolute Gasteiger partial charge is 0.338 e. The molecule has 0 radical (unpaired) electrons. The van der Waals surface area contributed by atoms with E-state index in [0.717, 1.165) is 33.9 Å². The number of carbonyl (C=O) groups is 3. The predicted molar refractivity (Wildman–Crippen MR) is 143 cm³/mol. The van der Waals surface area contributed by atoms with Crippen LogP contribution in [-0.2, 0) is 14.3 Å². The van der Waals surface area contributed by atoms with Gasteiger partial charge in [-0.1, -0.05) is 54.9 Å². The van der Waals surface area contributed by atoms with Gasteiger partial charge in [-0.3, -0.25) is 9.59 Å². The van der Waals surface area contributed by atoms with Crippen molar-refractivity contribution < 1.29 is 19.1 Å². The minimum absolute atomic E-state index is 0.192. The molecular weight excluding hydrogens is 496 g/mol. The number of halogens is 1. The third-order valence-electron chi connectivity index (χ3n) is 5.57. The summed E-state index contributed by atoms with van der Waals surface area (Å²) in [5.41, 5.74) is 2.58. The van der Waals surface area contributed by atoms with E-state index in [4.69, 9.17) is 16.3 Å². The van der Waals surface area contributed by atoms with Crippen molar-refractivity contribution in [2.45, 2.75) is 31.6 Å². The zero-order valence-corrected chi connectivity index (χ0v) is 21.5. The van der Waals surface area contributed by atoms with E-state index in [1.54, 1.807) is 48.5 Å². The molecular formula is C28H25ClN2O4S. The summed E-state index contributed by atoms with van der Waals surface area (Å²) in [4.78, 5) is 41.5. The van der Waals surface area contributed by atoms with E-state index >= 15 is 0 Å². The fraction of sp³-hybridized carbons (Fsp3) is 0.179. The molecule has 0 aliphatic carbocycles. The number of para-hydroxylation sites is 1. The molecule has 1 aliphatic rings. The van der Waals surface area contributed by atoms with Crippen LogP contribution in [0.2, 0.25) is 5.02 Å². The summed E-state index contributed by atoms with van der Waals surface area (Å²) < 4.78 is 5.25. The Hall–Kier alpha value is -3.55. The maximum absolute atomic E-state index is 13.5. The third-order valence-corrected chi connectivity index (χ3v) is 6.91. The Morgan fingerprint density at radius 2 is 1.67 bits per heavy atom. The van der Waals surface area contributed by atoms with Crippen LogP contribution in [-0.4, -0.2) is 24.4 Å². The summed E-state index contributed by atoms with van der Waals surface area (Å²) >= 11 is 7.21. The molecule has 4 rings (SSSR count). The van der Waals surface area contributed by atoms with Crippen LogP contribution in [0.25, 0.3) is 0 Å². The predicted octanol–water partition coefficient (Wildman–Crippen LogP) is 6.59. The molecule has 36 heavy (non-hydrogen) atoms. The summed E-state index contributed by atoms with van der Waals surface area (Å²) in [6.07, 6.45) is 1.71. The van der Waals surface area contributed by atoms with Crippen LogP contribution in [0.15, 0.2) is 88.3 Å². The van der Waals surface area contributed by atoms with E-state index in [1.165, 1.54) is 11.8 Å². The first-order valence-corrected chi connectivity index (χ1v) is 12.7. The van der Waals surface area contributed by atoms with Gasteiger partial charge in [0.2, 0.25) is 0 Å². The molecule has 0 saturated heterocycles. The Bertz CT molecular complexity index is 1320. The Labute approximate surface area is 219 Å². The highest BCUT2D eigenvalue weighted by Crippen LogP contribution is 2.38. The molecule has 0 spiro atoms. The largest absolute Gasteiger partial charge is 0.462 e. The van der Waals surface area contributed by atoms with Gasteiger partial charge in [-0.25, -0.2) is 9.69 Å². The Morgan fingerprint density at radius 1 is 0.972 bits per heavy atom. The molecule has 2 amide bonds. The molecule has 184 valence electrons. The average Bonchev–Trinajstić information content (AvgIpc) is 3.10. The number of hydrogen-bond donors (Lipinski definition) is 1. The standard InChI is InChI=1S/C28H25ClN2O4S/c1-3-4-17-35-28(34)19-9-13-21(14-10-19)31-26(32)24(30-23-8-6-5-7-18(23)2)25(27(31)33)36-22-15-11-20(29)12-16-22/h5-16,30H,3-4,17H2,1-2H3. The number of carbonyl (C=O) groups excluding carboxylic acids is 3. The second-order valence-corrected chi connectivity index (χ2v) is 9.70. The van der Waals surface area contributed by atoms with Gasteiger partial charge in [-0.05, 0) is 73.5 Å². The SMILES string of the molecule is CCCCOC(=O)c1ccc(N2C(=O)C(Nc3ccccc3C)=C(Sc3ccc(Cl)cc3)C2=O)cc1. The number of nitrogens with one attached hydrogen (secondary N) is 1. The first-order chi connectivity index (χ1) is 17.4. The molecule has 1 heterocycles. The maximum Gasteiger partial charge on any atom is 0.338 e. The fourth-order valence-electron chi connectivity index (χ4n) is 3.56. The van der Waals surface area contributed by atoms with Gasteiger partial charge in [0.25, 0.3) is 11.8 Å². The third kappa shape index (κ3) is 5.64. The number of esters is 1. The molecule has 3 aromatic carbocycles. The topological polar surface area (TPSA) is 75.7 Å². The lowest BCUT2D eigenvalue weighted by Gasteiger charge is -2.16. The first kappa shape index (κ1) is 25.5. The normalized spacial score (nSPS) is 13.4. The van der Waals surface area contributed by atoms with Gasteiger partial charge in [-0.15, -0.1) is 0 Å². The van der Waals surface area contributed by atoms with Crippen molar-refractivity contribution in [1.29, 1.82) is 0 Å². The zero-order chi connectivity index (χ0) is 25.7. The van der Waals surface area contributed by atoms with Crippen LogP contribution in [0.3, 0.4) is 0 Å². The first-order valence-electron chi connectivity index (χ1n) is 11.6. The van der Waals surface area contributed by atoms with Crippen molar-refractivity contribution >= 4 is 52.5 Å². The molecule has 6 nitrogen and oxygen atoms in total. The number of aryl methyl sites for hydroxylation is 1. The number of thioether (sulfide) groups is 1. The summed E-state index contributed by atoms with van der Waals surface area (Å²) in [5, 5.41) is 3.75. The van der Waals surface area contributed by atoms with E-state index in [1.807, 2.05) is 38.1 Å². The maximum atomic E-state index is 13.5. The monoisotopic (exact) mass is 520 g/mol. The number of ether oxygens (including phenoxy) is 1. The molecule has 3 aromatic rings.